The highest BCUT2D eigenvalue weighted by atomic mass is 16.5. The zero-order chi connectivity index (χ0) is 15.7. The first-order valence-electron chi connectivity index (χ1n) is 6.58. The minimum absolute atomic E-state index is 0.176. The van der Waals surface area contributed by atoms with Gasteiger partial charge in [-0.3, -0.25) is 0 Å². The van der Waals surface area contributed by atoms with Gasteiger partial charge in [-0.05, 0) is 44.9 Å². The highest BCUT2D eigenvalue weighted by Crippen LogP contribution is 2.38. The van der Waals surface area contributed by atoms with Crippen molar-refractivity contribution in [2.24, 2.45) is 11.8 Å². The lowest BCUT2D eigenvalue weighted by Gasteiger charge is -1.96. The molecule has 112 valence electrons. The second-order valence-electron chi connectivity index (χ2n) is 5.08. The van der Waals surface area contributed by atoms with Crippen molar-refractivity contribution in [3.8, 4) is 0 Å². The number of hydrogen-bond donors (Lipinski definition) is 1. The number of methoxy groups -OCH3 is 1. The van der Waals surface area contributed by atoms with Crippen LogP contribution in [0.1, 0.15) is 33.1 Å². The third kappa shape index (κ3) is 7.56. The van der Waals surface area contributed by atoms with Gasteiger partial charge in [-0.2, -0.15) is 0 Å². The zero-order valence-electron chi connectivity index (χ0n) is 12.5. The molecule has 2 aliphatic rings. The molecule has 4 nitrogen and oxygen atoms in total. The Bertz CT molecular complexity index is 383. The molecule has 2 bridgehead atoms. The lowest BCUT2D eigenvalue weighted by molar-refractivity contribution is -0.136. The fourth-order valence-corrected chi connectivity index (χ4v) is 1.89. The number of carboxylic acid groups (broad SMARTS) is 1. The van der Waals surface area contributed by atoms with E-state index in [1.54, 1.807) is 6.92 Å². The summed E-state index contributed by atoms with van der Waals surface area (Å²) in [5.74, 6) is 0.699. The van der Waals surface area contributed by atoms with Crippen molar-refractivity contribution >= 4 is 11.9 Å². The Hall–Kier alpha value is -1.84. The van der Waals surface area contributed by atoms with Gasteiger partial charge in [0.1, 0.15) is 0 Å². The van der Waals surface area contributed by atoms with Gasteiger partial charge in [-0.1, -0.05) is 25.3 Å². The molecule has 0 radical (unpaired) electrons. The van der Waals surface area contributed by atoms with Gasteiger partial charge < -0.3 is 9.84 Å². The Morgan fingerprint density at radius 3 is 1.55 bits per heavy atom. The molecule has 1 N–H and O–H groups in total. The average molecular weight is 280 g/mol. The molecule has 0 spiro atoms. The van der Waals surface area contributed by atoms with Crippen LogP contribution in [-0.2, 0) is 14.3 Å². The Balaban J connectivity index is 0.000000272. The zero-order valence-corrected chi connectivity index (χ0v) is 12.5. The minimum atomic E-state index is -0.935. The topological polar surface area (TPSA) is 63.6 Å². The molecule has 2 aliphatic carbocycles. The largest absolute Gasteiger partial charge is 0.478 e. The van der Waals surface area contributed by atoms with E-state index in [1.807, 2.05) is 0 Å². The molecular weight excluding hydrogens is 256 g/mol. The molecule has 2 rings (SSSR count). The summed E-state index contributed by atoms with van der Waals surface area (Å²) in [4.78, 5) is 19.8. The van der Waals surface area contributed by atoms with Gasteiger partial charge in [-0.15, -0.1) is 0 Å². The first-order chi connectivity index (χ1) is 9.27. The SMILES string of the molecule is C1=CC2CCC1C2.C=C(C)C(=O)O.C=C(C)C(=O)OC. The van der Waals surface area contributed by atoms with Gasteiger partial charge in [0.2, 0.25) is 0 Å². The van der Waals surface area contributed by atoms with Crippen LogP contribution in [0.25, 0.3) is 0 Å². The highest BCUT2D eigenvalue weighted by Gasteiger charge is 2.25. The van der Waals surface area contributed by atoms with Crippen LogP contribution in [-0.4, -0.2) is 24.2 Å². The molecule has 4 heteroatoms. The molecule has 1 fully saturated rings. The quantitative estimate of drug-likeness (QED) is 0.478. The Morgan fingerprint density at radius 1 is 1.10 bits per heavy atom. The predicted molar refractivity (Wildman–Crippen MR) is 79.3 cm³/mol. The fourth-order valence-electron chi connectivity index (χ4n) is 1.89. The summed E-state index contributed by atoms with van der Waals surface area (Å²) in [6.45, 7) is 9.56. The van der Waals surface area contributed by atoms with Crippen molar-refractivity contribution in [3.05, 3.63) is 36.5 Å². The standard InChI is InChI=1S/C7H10.C5H8O2.C4H6O2/c1-2-7-4-3-6(1)5-7;1-4(2)5(6)7-3;1-3(2)4(5)6/h1-2,6-7H,3-5H2;1H2,2-3H3;1H2,2H3,(H,5,6). The second kappa shape index (κ2) is 9.13. The van der Waals surface area contributed by atoms with Gasteiger partial charge in [0.05, 0.1) is 7.11 Å². The lowest BCUT2D eigenvalue weighted by Crippen LogP contribution is -1.98. The number of rotatable bonds is 2. The van der Waals surface area contributed by atoms with Crippen LogP contribution in [0.2, 0.25) is 0 Å². The van der Waals surface area contributed by atoms with Crippen LogP contribution >= 0.6 is 0 Å². The maximum atomic E-state index is 10.2. The molecule has 0 heterocycles. The summed E-state index contributed by atoms with van der Waals surface area (Å²) in [7, 11) is 1.33. The van der Waals surface area contributed by atoms with E-state index in [1.165, 1.54) is 33.3 Å². The third-order valence-corrected chi connectivity index (χ3v) is 3.07. The summed E-state index contributed by atoms with van der Waals surface area (Å²) in [5, 5.41) is 7.89. The van der Waals surface area contributed by atoms with Crippen molar-refractivity contribution in [2.45, 2.75) is 33.1 Å². The summed E-state index contributed by atoms with van der Waals surface area (Å²) < 4.78 is 4.27. The van der Waals surface area contributed by atoms with Gasteiger partial charge in [-0.25, -0.2) is 9.59 Å². The Morgan fingerprint density at radius 2 is 1.50 bits per heavy atom. The number of allylic oxidation sites excluding steroid dienone is 2. The van der Waals surface area contributed by atoms with Gasteiger partial charge in [0.15, 0.2) is 0 Å². The number of esters is 1. The average Bonchev–Trinajstić information content (AvgIpc) is 3.03. The first kappa shape index (κ1) is 18.2. The molecule has 1 saturated carbocycles. The summed E-state index contributed by atoms with van der Waals surface area (Å²) in [6.07, 6.45) is 9.19. The van der Waals surface area contributed by atoms with Crippen molar-refractivity contribution in [1.82, 2.24) is 0 Å². The number of carbonyl (C=O) groups excluding carboxylic acids is 1. The fraction of sp³-hybridized carbons (Fsp3) is 0.500. The van der Waals surface area contributed by atoms with Crippen LogP contribution in [0, 0.1) is 11.8 Å². The number of hydrogen-bond acceptors (Lipinski definition) is 3. The number of aliphatic carboxylic acids is 1. The molecule has 0 saturated heterocycles. The third-order valence-electron chi connectivity index (χ3n) is 3.07. The monoisotopic (exact) mass is 280 g/mol. The van der Waals surface area contributed by atoms with Crippen LogP contribution in [0.4, 0.5) is 0 Å². The minimum Gasteiger partial charge on any atom is -0.478 e. The van der Waals surface area contributed by atoms with E-state index in [-0.39, 0.29) is 11.5 Å². The van der Waals surface area contributed by atoms with E-state index in [2.05, 4.69) is 30.0 Å². The van der Waals surface area contributed by atoms with Crippen molar-refractivity contribution in [2.75, 3.05) is 7.11 Å². The van der Waals surface area contributed by atoms with Gasteiger partial charge in [0, 0.05) is 11.1 Å². The molecule has 0 aromatic carbocycles. The molecule has 0 aromatic rings. The van der Waals surface area contributed by atoms with Gasteiger partial charge >= 0.3 is 11.9 Å². The van der Waals surface area contributed by atoms with E-state index in [4.69, 9.17) is 5.11 Å². The Kier molecular flexibility index (Phi) is 8.29. The van der Waals surface area contributed by atoms with Crippen molar-refractivity contribution in [3.63, 3.8) is 0 Å². The molecule has 2 atom stereocenters. The van der Waals surface area contributed by atoms with E-state index in [0.29, 0.717) is 5.57 Å². The van der Waals surface area contributed by atoms with E-state index in [9.17, 15) is 9.59 Å². The number of carboxylic acids is 1. The van der Waals surface area contributed by atoms with Crippen LogP contribution in [0.5, 0.6) is 0 Å². The lowest BCUT2D eigenvalue weighted by atomic mass is 10.1. The van der Waals surface area contributed by atoms with E-state index >= 15 is 0 Å². The van der Waals surface area contributed by atoms with E-state index < -0.39 is 5.97 Å². The molecule has 0 amide bonds. The van der Waals surface area contributed by atoms with Crippen LogP contribution < -0.4 is 0 Å². The molecular formula is C16H24O4. The molecule has 0 aromatic heterocycles. The number of fused-ring (bicyclic) bond motifs is 2. The summed E-state index contributed by atoms with van der Waals surface area (Å²) in [6, 6.07) is 0. The first-order valence-corrected chi connectivity index (χ1v) is 6.58. The highest BCUT2D eigenvalue weighted by molar-refractivity contribution is 5.86. The summed E-state index contributed by atoms with van der Waals surface area (Å²) in [5.41, 5.74) is 0.609. The van der Waals surface area contributed by atoms with E-state index in [0.717, 1.165) is 11.8 Å². The maximum Gasteiger partial charge on any atom is 0.332 e. The van der Waals surface area contributed by atoms with Gasteiger partial charge in [0.25, 0.3) is 0 Å². The smallest absolute Gasteiger partial charge is 0.332 e. The summed E-state index contributed by atoms with van der Waals surface area (Å²) >= 11 is 0. The predicted octanol–water partition coefficient (Wildman–Crippen LogP) is 3.36. The number of carbonyl (C=O) groups is 2. The van der Waals surface area contributed by atoms with Crippen molar-refractivity contribution in [1.29, 1.82) is 0 Å². The van der Waals surface area contributed by atoms with Crippen LogP contribution in [0.15, 0.2) is 36.5 Å². The molecule has 2 unspecified atom stereocenters. The normalized spacial score (nSPS) is 20.9. The molecule has 0 aliphatic heterocycles. The number of ether oxygens (including phenoxy) is 1. The molecule has 20 heavy (non-hydrogen) atoms. The Labute approximate surface area is 120 Å². The van der Waals surface area contributed by atoms with Crippen LogP contribution in [0.3, 0.4) is 0 Å². The maximum absolute atomic E-state index is 10.2. The second-order valence-corrected chi connectivity index (χ2v) is 5.08. The van der Waals surface area contributed by atoms with Crippen molar-refractivity contribution < 1.29 is 19.4 Å².